The normalized spacial score (nSPS) is 12.9. The number of hydrogen-bond donors (Lipinski definition) is 0. The van der Waals surface area contributed by atoms with Gasteiger partial charge in [-0.2, -0.15) is 4.98 Å². The molecular weight excluding hydrogens is 230 g/mol. The molecule has 0 aromatic carbocycles. The van der Waals surface area contributed by atoms with Gasteiger partial charge in [-0.1, -0.05) is 25.9 Å². The van der Waals surface area contributed by atoms with Gasteiger partial charge in [0.05, 0.1) is 5.92 Å². The van der Waals surface area contributed by atoms with Crippen molar-refractivity contribution in [3.63, 3.8) is 0 Å². The van der Waals surface area contributed by atoms with Crippen molar-refractivity contribution in [1.82, 2.24) is 15.0 Å². The lowest BCUT2D eigenvalue weighted by atomic mass is 10.1. The van der Waals surface area contributed by atoms with Crippen LogP contribution < -0.4 is 0 Å². The number of rotatable bonds is 8. The highest BCUT2D eigenvalue weighted by Crippen LogP contribution is 2.15. The molecule has 5 nitrogen and oxygen atoms in total. The summed E-state index contributed by atoms with van der Waals surface area (Å²) < 4.78 is 5.15. The SMILES string of the molecule is CCC(=O)C(C)c1nc(CCN(CC)CC)no1. The van der Waals surface area contributed by atoms with Crippen molar-refractivity contribution >= 4 is 5.78 Å². The highest BCUT2D eigenvalue weighted by Gasteiger charge is 2.20. The zero-order chi connectivity index (χ0) is 13.5. The largest absolute Gasteiger partial charge is 0.339 e. The van der Waals surface area contributed by atoms with Gasteiger partial charge in [-0.15, -0.1) is 0 Å². The zero-order valence-corrected chi connectivity index (χ0v) is 11.8. The van der Waals surface area contributed by atoms with E-state index in [0.717, 1.165) is 26.1 Å². The topological polar surface area (TPSA) is 59.2 Å². The van der Waals surface area contributed by atoms with Crippen LogP contribution in [0.4, 0.5) is 0 Å². The van der Waals surface area contributed by atoms with Crippen molar-refractivity contribution in [3.8, 4) is 0 Å². The summed E-state index contributed by atoms with van der Waals surface area (Å²) in [6, 6.07) is 0. The first kappa shape index (κ1) is 14.8. The molecule has 0 aliphatic heterocycles. The maximum atomic E-state index is 11.5. The van der Waals surface area contributed by atoms with Crippen LogP contribution in [0.2, 0.25) is 0 Å². The van der Waals surface area contributed by atoms with E-state index in [-0.39, 0.29) is 11.7 Å². The van der Waals surface area contributed by atoms with Crippen LogP contribution in [-0.4, -0.2) is 40.5 Å². The summed E-state index contributed by atoms with van der Waals surface area (Å²) in [5, 5.41) is 3.93. The number of carbonyl (C=O) groups is 1. The molecule has 0 N–H and O–H groups in total. The molecule has 1 unspecified atom stereocenters. The Kier molecular flexibility index (Phi) is 5.98. The monoisotopic (exact) mass is 253 g/mol. The molecule has 18 heavy (non-hydrogen) atoms. The Hall–Kier alpha value is -1.23. The first-order valence-corrected chi connectivity index (χ1v) is 6.69. The van der Waals surface area contributed by atoms with Gasteiger partial charge in [0.25, 0.3) is 0 Å². The van der Waals surface area contributed by atoms with Crippen LogP contribution in [0.3, 0.4) is 0 Å². The van der Waals surface area contributed by atoms with Crippen molar-refractivity contribution in [3.05, 3.63) is 11.7 Å². The van der Waals surface area contributed by atoms with Crippen LogP contribution in [0.15, 0.2) is 4.52 Å². The standard InChI is InChI=1S/C13H23N3O2/c1-5-11(17)10(4)13-14-12(15-18-13)8-9-16(6-2)7-3/h10H,5-9H2,1-4H3. The van der Waals surface area contributed by atoms with Gasteiger partial charge >= 0.3 is 0 Å². The molecule has 1 atom stereocenters. The molecule has 1 aromatic heterocycles. The molecule has 102 valence electrons. The summed E-state index contributed by atoms with van der Waals surface area (Å²) in [6.07, 6.45) is 1.26. The van der Waals surface area contributed by atoms with E-state index >= 15 is 0 Å². The molecule has 1 rings (SSSR count). The van der Waals surface area contributed by atoms with E-state index in [2.05, 4.69) is 28.9 Å². The Morgan fingerprint density at radius 1 is 1.33 bits per heavy atom. The minimum absolute atomic E-state index is 0.133. The summed E-state index contributed by atoms with van der Waals surface area (Å²) in [6.45, 7) is 10.9. The van der Waals surface area contributed by atoms with Gasteiger partial charge in [-0.05, 0) is 20.0 Å². The minimum Gasteiger partial charge on any atom is -0.339 e. The third-order valence-corrected chi connectivity index (χ3v) is 3.23. The molecular formula is C13H23N3O2. The third-order valence-electron chi connectivity index (χ3n) is 3.23. The molecule has 5 heteroatoms. The van der Waals surface area contributed by atoms with E-state index in [9.17, 15) is 4.79 Å². The van der Waals surface area contributed by atoms with E-state index in [1.54, 1.807) is 0 Å². The predicted octanol–water partition coefficient (Wildman–Crippen LogP) is 2.04. The quantitative estimate of drug-likeness (QED) is 0.709. The first-order chi connectivity index (χ1) is 8.62. The molecule has 0 saturated carbocycles. The van der Waals surface area contributed by atoms with E-state index in [1.165, 1.54) is 0 Å². The second-order valence-corrected chi connectivity index (χ2v) is 4.37. The summed E-state index contributed by atoms with van der Waals surface area (Å²) >= 11 is 0. The number of hydrogen-bond acceptors (Lipinski definition) is 5. The van der Waals surface area contributed by atoms with Crippen molar-refractivity contribution in [2.75, 3.05) is 19.6 Å². The highest BCUT2D eigenvalue weighted by molar-refractivity contribution is 5.83. The lowest BCUT2D eigenvalue weighted by Gasteiger charge is -2.16. The highest BCUT2D eigenvalue weighted by atomic mass is 16.5. The number of nitrogens with zero attached hydrogens (tertiary/aromatic N) is 3. The molecule has 0 amide bonds. The molecule has 1 heterocycles. The van der Waals surface area contributed by atoms with Gasteiger partial charge in [0.15, 0.2) is 5.82 Å². The van der Waals surface area contributed by atoms with Crippen LogP contribution in [0.5, 0.6) is 0 Å². The van der Waals surface area contributed by atoms with Crippen molar-refractivity contribution in [2.24, 2.45) is 0 Å². The van der Waals surface area contributed by atoms with E-state index in [1.807, 2.05) is 13.8 Å². The summed E-state index contributed by atoms with van der Waals surface area (Å²) in [5.41, 5.74) is 0. The Balaban J connectivity index is 2.55. The Morgan fingerprint density at radius 3 is 2.56 bits per heavy atom. The lowest BCUT2D eigenvalue weighted by molar-refractivity contribution is -0.120. The summed E-state index contributed by atoms with van der Waals surface area (Å²) in [7, 11) is 0. The summed E-state index contributed by atoms with van der Waals surface area (Å²) in [4.78, 5) is 18.1. The Bertz CT molecular complexity index is 372. The average Bonchev–Trinajstić information content (AvgIpc) is 2.87. The molecule has 0 aliphatic carbocycles. The molecule has 0 radical (unpaired) electrons. The minimum atomic E-state index is -0.287. The Labute approximate surface area is 109 Å². The maximum absolute atomic E-state index is 11.5. The second kappa shape index (κ2) is 7.26. The van der Waals surface area contributed by atoms with Crippen LogP contribution >= 0.6 is 0 Å². The summed E-state index contributed by atoms with van der Waals surface area (Å²) in [5.74, 6) is 0.975. The fraction of sp³-hybridized carbons (Fsp3) is 0.769. The third kappa shape index (κ3) is 3.91. The fourth-order valence-electron chi connectivity index (χ4n) is 1.79. The van der Waals surface area contributed by atoms with Crippen LogP contribution in [0, 0.1) is 0 Å². The average molecular weight is 253 g/mol. The van der Waals surface area contributed by atoms with Crippen molar-refractivity contribution in [1.29, 1.82) is 0 Å². The number of carbonyl (C=O) groups excluding carboxylic acids is 1. The van der Waals surface area contributed by atoms with Gasteiger partial charge in [0.1, 0.15) is 5.78 Å². The Morgan fingerprint density at radius 2 is 2.00 bits per heavy atom. The van der Waals surface area contributed by atoms with E-state index < -0.39 is 0 Å². The number of Topliss-reactive ketones (excluding diaryl/α,β-unsaturated/α-hetero) is 1. The van der Waals surface area contributed by atoms with Crippen LogP contribution in [-0.2, 0) is 11.2 Å². The molecule has 0 fully saturated rings. The van der Waals surface area contributed by atoms with Crippen LogP contribution in [0.1, 0.15) is 51.7 Å². The van der Waals surface area contributed by atoms with Gasteiger partial charge in [-0.25, -0.2) is 0 Å². The first-order valence-electron chi connectivity index (χ1n) is 6.69. The zero-order valence-electron chi connectivity index (χ0n) is 11.8. The van der Waals surface area contributed by atoms with Crippen molar-refractivity contribution < 1.29 is 9.32 Å². The van der Waals surface area contributed by atoms with Crippen LogP contribution in [0.25, 0.3) is 0 Å². The predicted molar refractivity (Wildman–Crippen MR) is 69.5 cm³/mol. The van der Waals surface area contributed by atoms with Crippen molar-refractivity contribution in [2.45, 2.75) is 46.5 Å². The van der Waals surface area contributed by atoms with Gasteiger partial charge in [0, 0.05) is 19.4 Å². The van der Waals surface area contributed by atoms with Gasteiger partial charge in [0.2, 0.25) is 5.89 Å². The smallest absolute Gasteiger partial charge is 0.236 e. The van der Waals surface area contributed by atoms with Gasteiger partial charge < -0.3 is 9.42 Å². The molecule has 1 aromatic rings. The molecule has 0 bridgehead atoms. The number of likely N-dealkylation sites (N-methyl/N-ethyl adjacent to an activating group) is 1. The van der Waals surface area contributed by atoms with E-state index in [0.29, 0.717) is 18.1 Å². The molecule has 0 aliphatic rings. The molecule has 0 saturated heterocycles. The number of ketones is 1. The maximum Gasteiger partial charge on any atom is 0.236 e. The lowest BCUT2D eigenvalue weighted by Crippen LogP contribution is -2.25. The number of aromatic nitrogens is 2. The van der Waals surface area contributed by atoms with Gasteiger partial charge in [-0.3, -0.25) is 4.79 Å². The second-order valence-electron chi connectivity index (χ2n) is 4.37. The molecule has 0 spiro atoms. The fourth-order valence-corrected chi connectivity index (χ4v) is 1.79. The van der Waals surface area contributed by atoms with E-state index in [4.69, 9.17) is 4.52 Å².